The van der Waals surface area contributed by atoms with E-state index in [0.29, 0.717) is 38.0 Å². The summed E-state index contributed by atoms with van der Waals surface area (Å²) in [5, 5.41) is 0.426. The normalized spacial score (nSPS) is 21.0. The summed E-state index contributed by atoms with van der Waals surface area (Å²) < 4.78 is 5.49. The van der Waals surface area contributed by atoms with Gasteiger partial charge in [-0.05, 0) is 25.0 Å². The number of nitrogens with zero attached hydrogens (tertiary/aromatic N) is 2. The van der Waals surface area contributed by atoms with Gasteiger partial charge in [-0.2, -0.15) is 0 Å². The molecule has 0 N–H and O–H groups in total. The third kappa shape index (κ3) is 4.36. The minimum Gasteiger partial charge on any atom is -0.368 e. The van der Waals surface area contributed by atoms with Gasteiger partial charge in [0.15, 0.2) is 0 Å². The number of hydrogen-bond acceptors (Lipinski definition) is 4. The number of hydrogen-bond donors (Lipinski definition) is 0. The molecule has 0 spiro atoms. The zero-order chi connectivity index (χ0) is 17.8. The average molecular weight is 362 g/mol. The topological polar surface area (TPSA) is 49.9 Å². The van der Waals surface area contributed by atoms with E-state index < -0.39 is 0 Å². The Hall–Kier alpha value is -1.53. The highest BCUT2D eigenvalue weighted by atomic mass is 32.2. The van der Waals surface area contributed by atoms with Crippen molar-refractivity contribution >= 4 is 23.6 Å². The summed E-state index contributed by atoms with van der Waals surface area (Å²) >= 11 is 1.71. The van der Waals surface area contributed by atoms with E-state index in [2.05, 4.69) is 13.8 Å². The number of benzene rings is 1. The first-order chi connectivity index (χ1) is 12.1. The van der Waals surface area contributed by atoms with E-state index in [1.165, 1.54) is 0 Å². The van der Waals surface area contributed by atoms with E-state index >= 15 is 0 Å². The maximum absolute atomic E-state index is 12.9. The fourth-order valence-electron chi connectivity index (χ4n) is 3.28. The van der Waals surface area contributed by atoms with Gasteiger partial charge in [0.05, 0.1) is 5.56 Å². The van der Waals surface area contributed by atoms with Crippen molar-refractivity contribution < 1.29 is 14.3 Å². The second-order valence-corrected chi connectivity index (χ2v) is 8.40. The summed E-state index contributed by atoms with van der Waals surface area (Å²) in [6.07, 6.45) is 1.50. The number of rotatable bonds is 4. The molecule has 1 aromatic rings. The van der Waals surface area contributed by atoms with Crippen LogP contribution in [0.5, 0.6) is 0 Å². The quantitative estimate of drug-likeness (QED) is 0.773. The summed E-state index contributed by atoms with van der Waals surface area (Å²) in [6.45, 7) is 7.27. The van der Waals surface area contributed by atoms with Crippen molar-refractivity contribution in [2.24, 2.45) is 0 Å². The summed E-state index contributed by atoms with van der Waals surface area (Å²) in [4.78, 5) is 30.1. The van der Waals surface area contributed by atoms with Crippen LogP contribution in [0.1, 0.15) is 37.0 Å². The molecule has 3 rings (SSSR count). The van der Waals surface area contributed by atoms with Crippen LogP contribution in [0.4, 0.5) is 0 Å². The van der Waals surface area contributed by atoms with Gasteiger partial charge in [-0.15, -0.1) is 11.8 Å². The molecular weight excluding hydrogens is 336 g/mol. The lowest BCUT2D eigenvalue weighted by Crippen LogP contribution is -2.52. The number of piperazine rings is 1. The van der Waals surface area contributed by atoms with Crippen LogP contribution in [0.3, 0.4) is 0 Å². The first-order valence-corrected chi connectivity index (χ1v) is 9.89. The molecule has 5 nitrogen and oxygen atoms in total. The van der Waals surface area contributed by atoms with Crippen molar-refractivity contribution in [3.8, 4) is 0 Å². The SMILES string of the molecule is CC(C)Sc1ccccc1C(=O)N1CCN(C(=O)C2CCCO2)CC1. The standard InChI is InChI=1S/C19H26N2O3S/c1-14(2)25-17-8-4-3-6-15(17)18(22)20-9-11-21(12-10-20)19(23)16-7-5-13-24-16/h3-4,6,8,14,16H,5,7,9-13H2,1-2H3. The molecular formula is C19H26N2O3S. The number of thioether (sulfide) groups is 1. The molecule has 25 heavy (non-hydrogen) atoms. The van der Waals surface area contributed by atoms with E-state index in [0.717, 1.165) is 23.3 Å². The van der Waals surface area contributed by atoms with E-state index in [-0.39, 0.29) is 17.9 Å². The Labute approximate surface area is 153 Å². The molecule has 2 saturated heterocycles. The molecule has 136 valence electrons. The van der Waals surface area contributed by atoms with E-state index in [4.69, 9.17) is 4.74 Å². The number of amides is 2. The summed E-state index contributed by atoms with van der Waals surface area (Å²) in [5.74, 6) is 0.147. The largest absolute Gasteiger partial charge is 0.368 e. The Morgan fingerprint density at radius 3 is 2.44 bits per heavy atom. The lowest BCUT2D eigenvalue weighted by Gasteiger charge is -2.36. The lowest BCUT2D eigenvalue weighted by molar-refractivity contribution is -0.142. The molecule has 0 bridgehead atoms. The zero-order valence-corrected chi connectivity index (χ0v) is 15.8. The molecule has 2 fully saturated rings. The third-order valence-corrected chi connectivity index (χ3v) is 5.65. The third-order valence-electron chi connectivity index (χ3n) is 4.56. The summed E-state index contributed by atoms with van der Waals surface area (Å²) in [7, 11) is 0. The highest BCUT2D eigenvalue weighted by Gasteiger charge is 2.31. The van der Waals surface area contributed by atoms with Crippen LogP contribution in [-0.2, 0) is 9.53 Å². The first-order valence-electron chi connectivity index (χ1n) is 9.01. The molecule has 2 amide bonds. The Balaban J connectivity index is 1.61. The Kier molecular flexibility index (Phi) is 6.02. The fourth-order valence-corrected chi connectivity index (χ4v) is 4.22. The van der Waals surface area contributed by atoms with Gasteiger partial charge < -0.3 is 14.5 Å². The van der Waals surface area contributed by atoms with E-state index in [1.54, 1.807) is 11.8 Å². The van der Waals surface area contributed by atoms with Gasteiger partial charge in [0, 0.05) is 42.9 Å². The van der Waals surface area contributed by atoms with Gasteiger partial charge in [-0.25, -0.2) is 0 Å². The second-order valence-electron chi connectivity index (χ2n) is 6.78. The Bertz CT molecular complexity index is 621. The van der Waals surface area contributed by atoms with Gasteiger partial charge in [-0.3, -0.25) is 9.59 Å². The van der Waals surface area contributed by atoms with E-state index in [9.17, 15) is 9.59 Å². The maximum Gasteiger partial charge on any atom is 0.255 e. The highest BCUT2D eigenvalue weighted by molar-refractivity contribution is 8.00. The van der Waals surface area contributed by atoms with Crippen molar-refractivity contribution in [3.63, 3.8) is 0 Å². The first kappa shape index (κ1) is 18.3. The van der Waals surface area contributed by atoms with Crippen LogP contribution < -0.4 is 0 Å². The predicted octanol–water partition coefficient (Wildman–Crippen LogP) is 2.65. The van der Waals surface area contributed by atoms with Gasteiger partial charge in [0.2, 0.25) is 0 Å². The molecule has 0 saturated carbocycles. The van der Waals surface area contributed by atoms with Crippen LogP contribution in [0.15, 0.2) is 29.2 Å². The molecule has 1 unspecified atom stereocenters. The minimum absolute atomic E-state index is 0.0629. The molecule has 2 heterocycles. The smallest absolute Gasteiger partial charge is 0.255 e. The summed E-state index contributed by atoms with van der Waals surface area (Å²) in [6, 6.07) is 7.79. The highest BCUT2D eigenvalue weighted by Crippen LogP contribution is 2.27. The summed E-state index contributed by atoms with van der Waals surface area (Å²) in [5.41, 5.74) is 0.764. The number of carbonyl (C=O) groups is 2. The van der Waals surface area contributed by atoms with Crippen molar-refractivity contribution in [2.75, 3.05) is 32.8 Å². The van der Waals surface area contributed by atoms with Crippen molar-refractivity contribution in [1.29, 1.82) is 0 Å². The van der Waals surface area contributed by atoms with Gasteiger partial charge >= 0.3 is 0 Å². The lowest BCUT2D eigenvalue weighted by atomic mass is 10.1. The van der Waals surface area contributed by atoms with Crippen molar-refractivity contribution in [1.82, 2.24) is 9.80 Å². The van der Waals surface area contributed by atoms with Gasteiger partial charge in [-0.1, -0.05) is 26.0 Å². The molecule has 1 aromatic carbocycles. The monoisotopic (exact) mass is 362 g/mol. The number of carbonyl (C=O) groups excluding carboxylic acids is 2. The molecule has 0 aromatic heterocycles. The predicted molar refractivity (Wildman–Crippen MR) is 98.9 cm³/mol. The molecule has 2 aliphatic heterocycles. The molecule has 0 radical (unpaired) electrons. The van der Waals surface area contributed by atoms with Crippen molar-refractivity contribution in [2.45, 2.75) is 42.9 Å². The van der Waals surface area contributed by atoms with Crippen molar-refractivity contribution in [3.05, 3.63) is 29.8 Å². The zero-order valence-electron chi connectivity index (χ0n) is 14.9. The van der Waals surface area contributed by atoms with Crippen LogP contribution in [-0.4, -0.2) is 65.8 Å². The fraction of sp³-hybridized carbons (Fsp3) is 0.579. The molecule has 0 aliphatic carbocycles. The molecule has 1 atom stereocenters. The maximum atomic E-state index is 12.9. The minimum atomic E-state index is -0.273. The van der Waals surface area contributed by atoms with Crippen LogP contribution in [0.2, 0.25) is 0 Å². The molecule has 2 aliphatic rings. The second kappa shape index (κ2) is 8.23. The van der Waals surface area contributed by atoms with E-state index in [1.807, 2.05) is 34.1 Å². The van der Waals surface area contributed by atoms with Crippen LogP contribution in [0, 0.1) is 0 Å². The Morgan fingerprint density at radius 1 is 1.12 bits per heavy atom. The van der Waals surface area contributed by atoms with Gasteiger partial charge in [0.1, 0.15) is 6.10 Å². The average Bonchev–Trinajstić information content (AvgIpc) is 3.15. The van der Waals surface area contributed by atoms with Crippen LogP contribution in [0.25, 0.3) is 0 Å². The molecule has 6 heteroatoms. The van der Waals surface area contributed by atoms with Crippen LogP contribution >= 0.6 is 11.8 Å². The Morgan fingerprint density at radius 2 is 1.80 bits per heavy atom. The number of ether oxygens (including phenoxy) is 1. The van der Waals surface area contributed by atoms with Gasteiger partial charge in [0.25, 0.3) is 11.8 Å².